The fourth-order valence-corrected chi connectivity index (χ4v) is 9.51. The maximum absolute atomic E-state index is 13.0. The van der Waals surface area contributed by atoms with Gasteiger partial charge in [-0.15, -0.1) is 0 Å². The number of rotatable bonds is 50. The largest absolute Gasteiger partial charge is 0.394 e. The molecule has 0 radical (unpaired) electrons. The SMILES string of the molecule is CCCCCCCCCCCCCCCCC/C=C/C(O)C(COC1OC(CO)C(O)C(O)C1O)NC(=O)CCCCCCCCCCCCCCCCCCCCCCCCCCCC. The minimum Gasteiger partial charge on any atom is -0.394 e. The molecule has 1 fully saturated rings. The lowest BCUT2D eigenvalue weighted by atomic mass is 9.99. The van der Waals surface area contributed by atoms with Gasteiger partial charge in [-0.25, -0.2) is 0 Å². The van der Waals surface area contributed by atoms with E-state index in [4.69, 9.17) is 9.47 Å². The number of unbranched alkanes of at least 4 members (excludes halogenated alkanes) is 40. The van der Waals surface area contributed by atoms with E-state index in [-0.39, 0.29) is 12.5 Å². The molecule has 0 saturated carbocycles. The standard InChI is InChI=1S/C57H111NO8/c1-3-5-7-9-11-13-15-17-19-21-22-23-24-25-26-27-28-29-31-33-35-37-39-41-43-45-47-53(61)58-50(49-65-57-56(64)55(63)54(62)52(48-59)66-57)51(60)46-44-42-40-38-36-34-32-30-20-18-16-14-12-10-8-6-4-2/h44,46,50-52,54-57,59-60,62-64H,3-43,45,47-49H2,1-2H3,(H,58,61)/b46-44+. The van der Waals surface area contributed by atoms with Crippen molar-refractivity contribution in [1.82, 2.24) is 5.32 Å². The van der Waals surface area contributed by atoms with Crippen LogP contribution in [0.1, 0.15) is 290 Å². The van der Waals surface area contributed by atoms with Crippen LogP contribution in [0.4, 0.5) is 0 Å². The van der Waals surface area contributed by atoms with E-state index in [0.717, 1.165) is 38.5 Å². The molecule has 1 rings (SSSR count). The normalized spacial score (nSPS) is 19.8. The van der Waals surface area contributed by atoms with Gasteiger partial charge in [0.15, 0.2) is 6.29 Å². The molecule has 66 heavy (non-hydrogen) atoms. The molecule has 7 unspecified atom stereocenters. The molecule has 392 valence electrons. The second kappa shape index (κ2) is 47.6. The van der Waals surface area contributed by atoms with Gasteiger partial charge in [-0.3, -0.25) is 4.79 Å². The summed E-state index contributed by atoms with van der Waals surface area (Å²) in [7, 11) is 0. The number of allylic oxidation sites excluding steroid dienone is 1. The second-order valence-corrected chi connectivity index (χ2v) is 20.5. The Morgan fingerprint density at radius 1 is 0.500 bits per heavy atom. The van der Waals surface area contributed by atoms with Crippen molar-refractivity contribution in [2.24, 2.45) is 0 Å². The summed E-state index contributed by atoms with van der Waals surface area (Å²) in [4.78, 5) is 13.0. The fourth-order valence-electron chi connectivity index (χ4n) is 9.51. The third-order valence-corrected chi connectivity index (χ3v) is 14.1. The van der Waals surface area contributed by atoms with E-state index >= 15 is 0 Å². The molecule has 1 aliphatic rings. The Balaban J connectivity index is 2.19. The van der Waals surface area contributed by atoms with Crippen molar-refractivity contribution in [1.29, 1.82) is 0 Å². The summed E-state index contributed by atoms with van der Waals surface area (Å²) in [5, 5.41) is 54.5. The van der Waals surface area contributed by atoms with Crippen molar-refractivity contribution in [2.45, 2.75) is 333 Å². The van der Waals surface area contributed by atoms with Crippen LogP contribution in [0.2, 0.25) is 0 Å². The van der Waals surface area contributed by atoms with Gasteiger partial charge in [-0.1, -0.05) is 276 Å². The number of hydrogen-bond acceptors (Lipinski definition) is 8. The smallest absolute Gasteiger partial charge is 0.220 e. The molecule has 0 bridgehead atoms. The molecule has 1 aliphatic heterocycles. The summed E-state index contributed by atoms with van der Waals surface area (Å²) < 4.78 is 11.3. The van der Waals surface area contributed by atoms with Crippen LogP contribution in [-0.4, -0.2) is 87.5 Å². The summed E-state index contributed by atoms with van der Waals surface area (Å²) >= 11 is 0. The van der Waals surface area contributed by atoms with Gasteiger partial charge in [-0.2, -0.15) is 0 Å². The molecule has 0 aromatic heterocycles. The summed E-state index contributed by atoms with van der Waals surface area (Å²) in [6.45, 7) is 3.82. The second-order valence-electron chi connectivity index (χ2n) is 20.5. The van der Waals surface area contributed by atoms with Crippen molar-refractivity contribution < 1.29 is 39.8 Å². The summed E-state index contributed by atoms with van der Waals surface area (Å²) in [5.41, 5.74) is 0. The Morgan fingerprint density at radius 3 is 1.18 bits per heavy atom. The molecule has 1 saturated heterocycles. The van der Waals surface area contributed by atoms with Crippen LogP contribution >= 0.6 is 0 Å². The Morgan fingerprint density at radius 2 is 0.833 bits per heavy atom. The number of nitrogens with one attached hydrogen (secondary N) is 1. The van der Waals surface area contributed by atoms with E-state index < -0.39 is 49.5 Å². The molecule has 1 amide bonds. The molecule has 7 atom stereocenters. The lowest BCUT2D eigenvalue weighted by molar-refractivity contribution is -0.302. The molecular formula is C57H111NO8. The van der Waals surface area contributed by atoms with Crippen molar-refractivity contribution in [3.05, 3.63) is 12.2 Å². The predicted molar refractivity (Wildman–Crippen MR) is 277 cm³/mol. The molecule has 0 aliphatic carbocycles. The first kappa shape index (κ1) is 62.9. The van der Waals surface area contributed by atoms with Gasteiger partial charge in [0.2, 0.25) is 5.91 Å². The highest BCUT2D eigenvalue weighted by Crippen LogP contribution is 2.23. The third-order valence-electron chi connectivity index (χ3n) is 14.1. The number of amides is 1. The summed E-state index contributed by atoms with van der Waals surface area (Å²) in [6.07, 6.45) is 51.4. The minimum atomic E-state index is -1.56. The molecule has 0 aromatic rings. The van der Waals surface area contributed by atoms with Crippen LogP contribution in [0.15, 0.2) is 12.2 Å². The van der Waals surface area contributed by atoms with Gasteiger partial charge in [0.25, 0.3) is 0 Å². The van der Waals surface area contributed by atoms with Gasteiger partial charge in [0.05, 0.1) is 25.4 Å². The van der Waals surface area contributed by atoms with Gasteiger partial charge in [0, 0.05) is 6.42 Å². The van der Waals surface area contributed by atoms with Crippen molar-refractivity contribution >= 4 is 5.91 Å². The Hall–Kier alpha value is -1.07. The van der Waals surface area contributed by atoms with Gasteiger partial charge >= 0.3 is 0 Å². The highest BCUT2D eigenvalue weighted by molar-refractivity contribution is 5.76. The van der Waals surface area contributed by atoms with Gasteiger partial charge in [-0.05, 0) is 19.3 Å². The van der Waals surface area contributed by atoms with E-state index in [1.54, 1.807) is 6.08 Å². The average molecular weight is 939 g/mol. The highest BCUT2D eigenvalue weighted by atomic mass is 16.7. The zero-order valence-electron chi connectivity index (χ0n) is 43.5. The number of aliphatic hydroxyl groups excluding tert-OH is 5. The summed E-state index contributed by atoms with van der Waals surface area (Å²) in [6, 6.07) is -0.800. The van der Waals surface area contributed by atoms with E-state index in [2.05, 4.69) is 19.2 Å². The Labute approximate surface area is 407 Å². The average Bonchev–Trinajstić information content (AvgIpc) is 3.32. The minimum absolute atomic E-state index is 0.170. The van der Waals surface area contributed by atoms with Crippen molar-refractivity contribution in [3.8, 4) is 0 Å². The fraction of sp³-hybridized carbons (Fsp3) is 0.947. The number of carbonyl (C=O) groups excluding carboxylic acids is 1. The van der Waals surface area contributed by atoms with E-state index in [1.807, 2.05) is 6.08 Å². The molecule has 6 N–H and O–H groups in total. The maximum Gasteiger partial charge on any atom is 0.220 e. The maximum atomic E-state index is 13.0. The molecule has 0 spiro atoms. The van der Waals surface area contributed by atoms with E-state index in [1.165, 1.54) is 231 Å². The van der Waals surface area contributed by atoms with Gasteiger partial charge in [0.1, 0.15) is 24.4 Å². The lowest BCUT2D eigenvalue weighted by Gasteiger charge is -2.40. The predicted octanol–water partition coefficient (Wildman–Crippen LogP) is 14.0. The molecule has 9 heteroatoms. The third kappa shape index (κ3) is 36.9. The molecule has 0 aromatic carbocycles. The molecule has 9 nitrogen and oxygen atoms in total. The van der Waals surface area contributed by atoms with Crippen LogP contribution in [0.25, 0.3) is 0 Å². The first-order chi connectivity index (χ1) is 32.3. The Bertz CT molecular complexity index is 1040. The topological polar surface area (TPSA) is 149 Å². The van der Waals surface area contributed by atoms with Gasteiger partial charge < -0.3 is 40.3 Å². The highest BCUT2D eigenvalue weighted by Gasteiger charge is 2.44. The van der Waals surface area contributed by atoms with E-state index in [0.29, 0.717) is 6.42 Å². The van der Waals surface area contributed by atoms with Crippen LogP contribution in [0.3, 0.4) is 0 Å². The van der Waals surface area contributed by atoms with Crippen LogP contribution < -0.4 is 5.32 Å². The molecular weight excluding hydrogens is 827 g/mol. The van der Waals surface area contributed by atoms with Crippen molar-refractivity contribution in [3.63, 3.8) is 0 Å². The quantitative estimate of drug-likeness (QED) is 0.0261. The van der Waals surface area contributed by atoms with Crippen LogP contribution in [0, 0.1) is 0 Å². The molecule has 1 heterocycles. The van der Waals surface area contributed by atoms with Crippen molar-refractivity contribution in [2.75, 3.05) is 13.2 Å². The first-order valence-electron chi connectivity index (χ1n) is 28.9. The number of hydrogen-bond donors (Lipinski definition) is 6. The number of ether oxygens (including phenoxy) is 2. The van der Waals surface area contributed by atoms with Crippen LogP contribution in [0.5, 0.6) is 0 Å². The zero-order chi connectivity index (χ0) is 48.0. The Kier molecular flexibility index (Phi) is 45.4. The summed E-state index contributed by atoms with van der Waals surface area (Å²) in [5.74, 6) is -0.170. The first-order valence-corrected chi connectivity index (χ1v) is 28.9. The number of aliphatic hydroxyl groups is 5. The van der Waals surface area contributed by atoms with Crippen LogP contribution in [-0.2, 0) is 14.3 Å². The number of carbonyl (C=O) groups is 1. The van der Waals surface area contributed by atoms with E-state index in [9.17, 15) is 30.3 Å². The lowest BCUT2D eigenvalue weighted by Crippen LogP contribution is -2.60. The zero-order valence-corrected chi connectivity index (χ0v) is 43.5. The monoisotopic (exact) mass is 938 g/mol.